The predicted octanol–water partition coefficient (Wildman–Crippen LogP) is 3.81. The van der Waals surface area contributed by atoms with Gasteiger partial charge < -0.3 is 16.2 Å². The molecule has 0 fully saturated rings. The Morgan fingerprint density at radius 1 is 1.27 bits per heavy atom. The zero-order valence-corrected chi connectivity index (χ0v) is 17.5. The second-order valence-electron chi connectivity index (χ2n) is 6.70. The lowest BCUT2D eigenvalue weighted by molar-refractivity contribution is 0.0996. The molecule has 1 amide bonds. The van der Waals surface area contributed by atoms with Gasteiger partial charge in [0.2, 0.25) is 0 Å². The lowest BCUT2D eigenvalue weighted by atomic mass is 9.98. The summed E-state index contributed by atoms with van der Waals surface area (Å²) in [4.78, 5) is 16.1. The van der Waals surface area contributed by atoms with Crippen LogP contribution in [0, 0.1) is 5.82 Å². The van der Waals surface area contributed by atoms with Crippen molar-refractivity contribution in [2.24, 2.45) is 5.73 Å². The standard InChI is InChI=1S/C21H17BrFN5O2/c1-30-19-12(7-13(23)8-14(19)21(25)29)6-10-2-4-11(5-3-10)17-16-18(15(22)9-26-17)27-28-20(16)24/h2-5,7-9H,6H2,1H3,(H2,25,29)(H3,24,27,28). The topological polar surface area (TPSA) is 120 Å². The van der Waals surface area contributed by atoms with Crippen molar-refractivity contribution < 1.29 is 13.9 Å². The van der Waals surface area contributed by atoms with Gasteiger partial charge in [0, 0.05) is 23.7 Å². The van der Waals surface area contributed by atoms with Gasteiger partial charge in [0.15, 0.2) is 5.82 Å². The first-order valence-electron chi connectivity index (χ1n) is 8.92. The van der Waals surface area contributed by atoms with E-state index >= 15 is 0 Å². The summed E-state index contributed by atoms with van der Waals surface area (Å²) in [5.41, 5.74) is 15.1. The molecule has 4 rings (SSSR count). The molecule has 0 bridgehead atoms. The molecule has 9 heteroatoms. The number of benzene rings is 2. The van der Waals surface area contributed by atoms with E-state index in [4.69, 9.17) is 16.2 Å². The Hall–Kier alpha value is -3.46. The van der Waals surface area contributed by atoms with E-state index in [1.807, 2.05) is 24.3 Å². The number of nitrogens with two attached hydrogens (primary N) is 2. The van der Waals surface area contributed by atoms with Gasteiger partial charge in [-0.1, -0.05) is 24.3 Å². The highest BCUT2D eigenvalue weighted by Crippen LogP contribution is 2.34. The Morgan fingerprint density at radius 3 is 2.67 bits per heavy atom. The van der Waals surface area contributed by atoms with Crippen molar-refractivity contribution in [2.45, 2.75) is 6.42 Å². The molecule has 0 spiro atoms. The number of primary amides is 1. The van der Waals surface area contributed by atoms with E-state index in [-0.39, 0.29) is 11.3 Å². The highest BCUT2D eigenvalue weighted by molar-refractivity contribution is 9.10. The van der Waals surface area contributed by atoms with E-state index in [1.165, 1.54) is 13.2 Å². The molecule has 2 aromatic carbocycles. The van der Waals surface area contributed by atoms with Gasteiger partial charge in [0.25, 0.3) is 5.91 Å². The molecule has 152 valence electrons. The van der Waals surface area contributed by atoms with Crippen LogP contribution in [0.5, 0.6) is 5.75 Å². The minimum Gasteiger partial charge on any atom is -0.496 e. The number of nitrogens with one attached hydrogen (secondary N) is 1. The van der Waals surface area contributed by atoms with Crippen LogP contribution in [0.4, 0.5) is 10.2 Å². The van der Waals surface area contributed by atoms with Crippen molar-refractivity contribution in [1.29, 1.82) is 0 Å². The van der Waals surface area contributed by atoms with Crippen LogP contribution in [0.3, 0.4) is 0 Å². The fourth-order valence-corrected chi connectivity index (χ4v) is 3.83. The zero-order chi connectivity index (χ0) is 21.4. The van der Waals surface area contributed by atoms with Crippen LogP contribution in [0.1, 0.15) is 21.5 Å². The number of hydrogen-bond donors (Lipinski definition) is 3. The fraction of sp³-hybridized carbons (Fsp3) is 0.0952. The smallest absolute Gasteiger partial charge is 0.252 e. The molecule has 0 unspecified atom stereocenters. The highest BCUT2D eigenvalue weighted by atomic mass is 79.9. The first-order valence-corrected chi connectivity index (χ1v) is 9.72. The predicted molar refractivity (Wildman–Crippen MR) is 116 cm³/mol. The molecule has 4 aromatic rings. The van der Waals surface area contributed by atoms with Gasteiger partial charge in [0.1, 0.15) is 11.6 Å². The van der Waals surface area contributed by atoms with Gasteiger partial charge in [-0.05, 0) is 33.6 Å². The van der Waals surface area contributed by atoms with Crippen LogP contribution >= 0.6 is 15.9 Å². The molecule has 0 atom stereocenters. The monoisotopic (exact) mass is 469 g/mol. The molecule has 5 N–H and O–H groups in total. The minimum absolute atomic E-state index is 0.0148. The van der Waals surface area contributed by atoms with Crippen molar-refractivity contribution in [3.8, 4) is 17.0 Å². The molecule has 0 aliphatic heterocycles. The lowest BCUT2D eigenvalue weighted by Crippen LogP contribution is -2.14. The number of aromatic nitrogens is 3. The molecule has 0 aliphatic carbocycles. The summed E-state index contributed by atoms with van der Waals surface area (Å²) in [6, 6.07) is 10.0. The number of rotatable bonds is 5. The quantitative estimate of drug-likeness (QED) is 0.410. The summed E-state index contributed by atoms with van der Waals surface area (Å²) in [6.45, 7) is 0. The van der Waals surface area contributed by atoms with Crippen molar-refractivity contribution in [3.63, 3.8) is 0 Å². The Labute approximate surface area is 179 Å². The van der Waals surface area contributed by atoms with Crippen LogP contribution in [0.15, 0.2) is 47.1 Å². The van der Waals surface area contributed by atoms with Crippen molar-refractivity contribution >= 4 is 38.6 Å². The molecule has 0 aliphatic rings. The number of hydrogen-bond acceptors (Lipinski definition) is 5. The first-order chi connectivity index (χ1) is 14.4. The number of halogens is 2. The third kappa shape index (κ3) is 3.48. The maximum absolute atomic E-state index is 14.0. The average molecular weight is 470 g/mol. The van der Waals surface area contributed by atoms with Crippen LogP contribution < -0.4 is 16.2 Å². The molecule has 0 saturated heterocycles. The molecule has 0 saturated carbocycles. The Bertz CT molecular complexity index is 1270. The van der Waals surface area contributed by atoms with Crippen LogP contribution in [-0.2, 0) is 6.42 Å². The Kier molecular flexibility index (Phi) is 5.13. The fourth-order valence-electron chi connectivity index (χ4n) is 3.44. The summed E-state index contributed by atoms with van der Waals surface area (Å²) in [7, 11) is 1.42. The third-order valence-electron chi connectivity index (χ3n) is 4.80. The summed E-state index contributed by atoms with van der Waals surface area (Å²) in [6.07, 6.45) is 2.05. The number of nitrogens with zero attached hydrogens (tertiary/aromatic N) is 2. The number of pyridine rings is 1. The lowest BCUT2D eigenvalue weighted by Gasteiger charge is -2.13. The molecule has 2 aromatic heterocycles. The van der Waals surface area contributed by atoms with Gasteiger partial charge in [0.05, 0.1) is 33.7 Å². The number of anilines is 1. The van der Waals surface area contributed by atoms with Gasteiger partial charge in [-0.3, -0.25) is 14.9 Å². The first kappa shape index (κ1) is 19.8. The maximum atomic E-state index is 14.0. The average Bonchev–Trinajstić information content (AvgIpc) is 3.11. The molecule has 0 radical (unpaired) electrons. The largest absolute Gasteiger partial charge is 0.496 e. The number of fused-ring (bicyclic) bond motifs is 1. The molecular formula is C21H17BrFN5O2. The summed E-state index contributed by atoms with van der Waals surface area (Å²) >= 11 is 3.44. The highest BCUT2D eigenvalue weighted by Gasteiger charge is 2.17. The Morgan fingerprint density at radius 2 is 2.00 bits per heavy atom. The maximum Gasteiger partial charge on any atom is 0.252 e. The van der Waals surface area contributed by atoms with Gasteiger partial charge in [-0.25, -0.2) is 4.39 Å². The van der Waals surface area contributed by atoms with Crippen LogP contribution in [0.2, 0.25) is 0 Å². The van der Waals surface area contributed by atoms with E-state index in [2.05, 4.69) is 31.1 Å². The number of amides is 1. The van der Waals surface area contributed by atoms with E-state index in [0.29, 0.717) is 23.5 Å². The van der Waals surface area contributed by atoms with E-state index < -0.39 is 11.7 Å². The summed E-state index contributed by atoms with van der Waals surface area (Å²) < 4.78 is 20.1. The van der Waals surface area contributed by atoms with Crippen LogP contribution in [0.25, 0.3) is 22.2 Å². The number of nitrogen functional groups attached to an aromatic ring is 1. The second kappa shape index (κ2) is 7.75. The van der Waals surface area contributed by atoms with Gasteiger partial charge >= 0.3 is 0 Å². The molecular weight excluding hydrogens is 453 g/mol. The number of carbonyl (C=O) groups is 1. The normalized spacial score (nSPS) is 11.0. The van der Waals surface area contributed by atoms with Gasteiger partial charge in [-0.15, -0.1) is 0 Å². The zero-order valence-electron chi connectivity index (χ0n) is 15.9. The second-order valence-corrected chi connectivity index (χ2v) is 7.55. The number of methoxy groups -OCH3 is 1. The van der Waals surface area contributed by atoms with Crippen molar-refractivity contribution in [3.05, 3.63) is 69.6 Å². The van der Waals surface area contributed by atoms with Crippen molar-refractivity contribution in [1.82, 2.24) is 15.2 Å². The minimum atomic E-state index is -0.744. The van der Waals surface area contributed by atoms with Gasteiger partial charge in [-0.2, -0.15) is 5.10 Å². The number of ether oxygens (including phenoxy) is 1. The van der Waals surface area contributed by atoms with Crippen LogP contribution in [-0.4, -0.2) is 28.2 Å². The third-order valence-corrected chi connectivity index (χ3v) is 5.40. The molecule has 2 heterocycles. The molecule has 7 nitrogen and oxygen atoms in total. The number of H-pyrrole nitrogens is 1. The van der Waals surface area contributed by atoms with E-state index in [0.717, 1.165) is 32.6 Å². The SMILES string of the molecule is COc1c(Cc2ccc(-c3ncc(Br)c4[nH]nc(N)c34)cc2)cc(F)cc1C(N)=O. The summed E-state index contributed by atoms with van der Waals surface area (Å²) in [5, 5.41) is 7.69. The number of aromatic amines is 1. The van der Waals surface area contributed by atoms with E-state index in [1.54, 1.807) is 6.20 Å². The molecule has 30 heavy (non-hydrogen) atoms. The van der Waals surface area contributed by atoms with Crippen molar-refractivity contribution in [2.75, 3.05) is 12.8 Å². The number of carbonyl (C=O) groups excluding carboxylic acids is 1. The van der Waals surface area contributed by atoms with E-state index in [9.17, 15) is 9.18 Å². The Balaban J connectivity index is 1.70. The summed E-state index contributed by atoms with van der Waals surface area (Å²) in [5.74, 6) is -0.657.